The molecule has 1 aliphatic heterocycles. The van der Waals surface area contributed by atoms with Crippen LogP contribution in [0.15, 0.2) is 40.3 Å². The molecule has 3 aromatic rings. The Morgan fingerprint density at radius 1 is 1.28 bits per heavy atom. The first-order chi connectivity index (χ1) is 16.9. The number of nitrogens with zero attached hydrogens (tertiary/aromatic N) is 3. The molecule has 13 N–H and O–H groups in total. The van der Waals surface area contributed by atoms with Crippen LogP contribution in [0.1, 0.15) is 24.2 Å². The first kappa shape index (κ1) is 29.8. The lowest BCUT2D eigenvalue weighted by atomic mass is 9.96. The Morgan fingerprint density at radius 2 is 2.00 bits per heavy atom. The second-order valence-corrected chi connectivity index (χ2v) is 9.40. The highest BCUT2D eigenvalue weighted by molar-refractivity contribution is 7.96. The lowest BCUT2D eigenvalue weighted by molar-refractivity contribution is 0.397. The van der Waals surface area contributed by atoms with Gasteiger partial charge in [0.1, 0.15) is 29.0 Å². The number of hydrazine groups is 1. The highest BCUT2D eigenvalue weighted by atomic mass is 32.2. The average Bonchev–Trinajstić information content (AvgIpc) is 3.56. The summed E-state index contributed by atoms with van der Waals surface area (Å²) < 4.78 is 18.4. The Morgan fingerprint density at radius 3 is 2.56 bits per heavy atom. The van der Waals surface area contributed by atoms with Crippen LogP contribution in [-0.4, -0.2) is 40.1 Å². The standard InChI is InChI=1S/C16H22N10O2S2.C4H9N.H2S/c1-26(29-28-20)15-11(30(21)27)6-5-8(13(15)16(18)24-25-19)9-3-2-4-10-14(9)23-12(7-17)22-10;1-2-4-5-3-1;/h2-6,25H,7,17,19-21H2,1H3,(H2,18,24)(H,22,23);5H,1-4H2;1H2. The topological polar surface area (TPSA) is 225 Å². The molecular weight excluding hydrogens is 522 g/mol. The van der Waals surface area contributed by atoms with Gasteiger partial charge in [-0.15, -0.1) is 5.10 Å². The molecule has 1 atom stereocenters. The van der Waals surface area contributed by atoms with Gasteiger partial charge in [-0.1, -0.05) is 18.2 Å². The molecule has 16 heteroatoms. The molecule has 1 fully saturated rings. The Balaban J connectivity index is 0.000000678. The summed E-state index contributed by atoms with van der Waals surface area (Å²) in [7, 11) is -0.182. The van der Waals surface area contributed by atoms with Crippen LogP contribution in [0.4, 0.5) is 5.69 Å². The number of aromatic amines is 1. The van der Waals surface area contributed by atoms with Crippen molar-refractivity contribution >= 4 is 59.3 Å². The normalized spacial score (nSPS) is 14.1. The zero-order valence-electron chi connectivity index (χ0n) is 19.8. The minimum absolute atomic E-state index is 0. The summed E-state index contributed by atoms with van der Waals surface area (Å²) in [6.07, 6.45) is 2.78. The van der Waals surface area contributed by atoms with E-state index in [1.54, 1.807) is 19.2 Å². The number of aromatic nitrogens is 2. The van der Waals surface area contributed by atoms with Crippen LogP contribution in [0.2, 0.25) is 0 Å². The molecule has 1 aromatic heterocycles. The van der Waals surface area contributed by atoms with E-state index in [4.69, 9.17) is 28.3 Å². The van der Waals surface area contributed by atoms with Crippen LogP contribution >= 0.6 is 25.7 Å². The smallest absolute Gasteiger partial charge is 0.154 e. The van der Waals surface area contributed by atoms with E-state index in [1.807, 2.05) is 18.2 Å². The Hall–Kier alpha value is -2.41. The quantitative estimate of drug-likeness (QED) is 0.0465. The number of nitrogens with one attached hydrogen (secondary N) is 3. The van der Waals surface area contributed by atoms with Gasteiger partial charge in [-0.2, -0.15) is 13.5 Å². The maximum atomic E-state index is 12.2. The van der Waals surface area contributed by atoms with Crippen molar-refractivity contribution in [2.45, 2.75) is 24.3 Å². The van der Waals surface area contributed by atoms with E-state index in [2.05, 4.69) is 30.2 Å². The van der Waals surface area contributed by atoms with Gasteiger partial charge in [0.15, 0.2) is 5.84 Å². The molecule has 0 saturated carbocycles. The maximum Gasteiger partial charge on any atom is 0.154 e. The van der Waals surface area contributed by atoms with Gasteiger partial charge in [0.25, 0.3) is 0 Å². The van der Waals surface area contributed by atoms with E-state index in [9.17, 15) is 4.21 Å². The van der Waals surface area contributed by atoms with Crippen molar-refractivity contribution in [2.75, 3.05) is 24.4 Å². The van der Waals surface area contributed by atoms with Crippen molar-refractivity contribution in [2.24, 2.45) is 33.4 Å². The number of benzene rings is 2. The van der Waals surface area contributed by atoms with Crippen LogP contribution in [0, 0.1) is 0 Å². The van der Waals surface area contributed by atoms with E-state index in [-0.39, 0.29) is 25.9 Å². The zero-order valence-corrected chi connectivity index (χ0v) is 22.4. The minimum atomic E-state index is -1.84. The van der Waals surface area contributed by atoms with E-state index in [1.165, 1.54) is 30.2 Å². The van der Waals surface area contributed by atoms with Crippen LogP contribution in [0.3, 0.4) is 0 Å². The number of amidine groups is 1. The number of imidazole rings is 1. The number of H-pyrrole nitrogens is 1. The summed E-state index contributed by atoms with van der Waals surface area (Å²) in [6, 6.07) is 9.00. The van der Waals surface area contributed by atoms with Crippen molar-refractivity contribution < 1.29 is 8.49 Å². The van der Waals surface area contributed by atoms with E-state index >= 15 is 0 Å². The molecule has 2 aromatic carbocycles. The molecule has 13 nitrogen and oxygen atoms in total. The maximum absolute atomic E-state index is 12.2. The fourth-order valence-corrected chi connectivity index (χ4v) is 4.86. The summed E-state index contributed by atoms with van der Waals surface area (Å²) in [6.45, 7) is 2.76. The number of hydrogen-bond acceptors (Lipinski definition) is 11. The monoisotopic (exact) mass is 555 g/mol. The zero-order chi connectivity index (χ0) is 25.4. The molecule has 0 aliphatic carbocycles. The molecule has 0 spiro atoms. The van der Waals surface area contributed by atoms with Gasteiger partial charge in [-0.25, -0.2) is 35.9 Å². The number of fused-ring (bicyclic) bond motifs is 1. The predicted octanol–water partition coefficient (Wildman–Crippen LogP) is 0.126. The molecule has 198 valence electrons. The van der Waals surface area contributed by atoms with Crippen LogP contribution in [0.5, 0.6) is 0 Å². The van der Waals surface area contributed by atoms with Crippen molar-refractivity contribution in [1.29, 1.82) is 0 Å². The number of para-hydroxylation sites is 1. The first-order valence-electron chi connectivity index (χ1n) is 10.7. The third kappa shape index (κ3) is 6.87. The molecule has 1 unspecified atom stereocenters. The van der Waals surface area contributed by atoms with Gasteiger partial charge < -0.3 is 21.8 Å². The van der Waals surface area contributed by atoms with E-state index < -0.39 is 11.0 Å². The minimum Gasteiger partial charge on any atom is -0.382 e. The predicted molar refractivity (Wildman–Crippen MR) is 152 cm³/mol. The highest BCUT2D eigenvalue weighted by Gasteiger charge is 2.25. The fraction of sp³-hybridized carbons (Fsp3) is 0.300. The van der Waals surface area contributed by atoms with Gasteiger partial charge >= 0.3 is 0 Å². The average molecular weight is 556 g/mol. The van der Waals surface area contributed by atoms with Gasteiger partial charge in [0.2, 0.25) is 0 Å². The largest absolute Gasteiger partial charge is 0.382 e. The molecule has 0 bridgehead atoms. The van der Waals surface area contributed by atoms with Gasteiger partial charge in [0, 0.05) is 12.6 Å². The van der Waals surface area contributed by atoms with Crippen molar-refractivity contribution in [1.82, 2.24) is 20.8 Å². The summed E-state index contributed by atoms with van der Waals surface area (Å²) in [5.41, 5.74) is 17.8. The van der Waals surface area contributed by atoms with Gasteiger partial charge in [-0.05, 0) is 43.6 Å². The molecule has 0 radical (unpaired) electrons. The van der Waals surface area contributed by atoms with Crippen LogP contribution in [-0.2, 0) is 21.8 Å². The fourth-order valence-electron chi connectivity index (χ4n) is 3.78. The Bertz CT molecular complexity index is 1190. The third-order valence-corrected chi connectivity index (χ3v) is 6.53. The van der Waals surface area contributed by atoms with Gasteiger partial charge in [-0.3, -0.25) is 4.31 Å². The molecule has 0 amide bonds. The summed E-state index contributed by atoms with van der Waals surface area (Å²) in [5.74, 6) is 11.2. The number of rotatable bonds is 8. The van der Waals surface area contributed by atoms with Crippen LogP contribution < -0.4 is 43.5 Å². The second-order valence-electron chi connectivity index (χ2n) is 7.47. The number of hydrogen-bond donors (Lipinski definition) is 8. The summed E-state index contributed by atoms with van der Waals surface area (Å²) >= 11 is 0.801. The third-order valence-electron chi connectivity index (χ3n) is 5.27. The summed E-state index contributed by atoms with van der Waals surface area (Å²) in [5, 5.41) is 12.8. The Labute approximate surface area is 223 Å². The van der Waals surface area contributed by atoms with E-state index in [0.29, 0.717) is 33.1 Å². The second kappa shape index (κ2) is 14.4. The highest BCUT2D eigenvalue weighted by Crippen LogP contribution is 2.39. The van der Waals surface area contributed by atoms with Crippen molar-refractivity contribution in [3.63, 3.8) is 0 Å². The lowest BCUT2D eigenvalue weighted by Crippen LogP contribution is -2.27. The lowest BCUT2D eigenvalue weighted by Gasteiger charge is -2.24. The molecule has 1 aliphatic rings. The SMILES string of the molecule is C1CCNC1.CN(SON)c1c(S(N)=O)ccc(-c2cccc3[nH]c(CN)nc23)c1/C(N)=N/NN.S. The summed E-state index contributed by atoms with van der Waals surface area (Å²) in [4.78, 5) is 8.04. The first-order valence-corrected chi connectivity index (χ1v) is 12.6. The number of hydrazone groups is 1. The molecule has 1 saturated heterocycles. The van der Waals surface area contributed by atoms with Crippen LogP contribution in [0.25, 0.3) is 22.2 Å². The van der Waals surface area contributed by atoms with E-state index in [0.717, 1.165) is 23.3 Å². The van der Waals surface area contributed by atoms with Crippen molar-refractivity contribution in [3.8, 4) is 11.1 Å². The van der Waals surface area contributed by atoms with Gasteiger partial charge in [0.05, 0.1) is 33.7 Å². The van der Waals surface area contributed by atoms with Crippen molar-refractivity contribution in [3.05, 3.63) is 41.7 Å². The Kier molecular flexibility index (Phi) is 11.9. The molecule has 2 heterocycles. The number of anilines is 1. The molecular formula is C20H33N11O2S3. The molecule has 36 heavy (non-hydrogen) atoms. The number of nitrogens with two attached hydrogens (primary N) is 5. The molecule has 4 rings (SSSR count).